The topological polar surface area (TPSA) is 152 Å². The fourth-order valence-corrected chi connectivity index (χ4v) is 5.46. The number of carbonyl (C=O) groups excluding carboxylic acids is 1. The Morgan fingerprint density at radius 2 is 1.69 bits per heavy atom. The largest absolute Gasteiger partial charge is 1.00 e. The molecule has 36 heavy (non-hydrogen) atoms. The zero-order chi connectivity index (χ0) is 25.0. The van der Waals surface area contributed by atoms with Crippen LogP contribution in [0.5, 0.6) is 0 Å². The molecule has 0 bridgehead atoms. The summed E-state index contributed by atoms with van der Waals surface area (Å²) >= 11 is 12.2. The van der Waals surface area contributed by atoms with Crippen molar-refractivity contribution in [1.82, 2.24) is 20.3 Å². The van der Waals surface area contributed by atoms with Crippen molar-refractivity contribution in [2.45, 2.75) is 25.8 Å². The number of amides is 1. The number of aromatic carboxylic acids is 1. The first-order valence-corrected chi connectivity index (χ1v) is 12.1. The Morgan fingerprint density at radius 1 is 1.06 bits per heavy atom. The Bertz CT molecular complexity index is 1210. The second-order valence-corrected chi connectivity index (χ2v) is 10.1. The van der Waals surface area contributed by atoms with Gasteiger partial charge in [-0.05, 0) is 19.8 Å². The SMILES string of the molecule is Cc1[nH]c(C(=O)NC2[C@H]3CN(c4cc(C(=O)O)nc(N5CCC(C(=O)O)CC5)n4)C[C@@H]23)c(Cl)c1Cl.[Li+]. The molecule has 3 atom stereocenters. The summed E-state index contributed by atoms with van der Waals surface area (Å²) in [7, 11) is 0. The summed E-state index contributed by atoms with van der Waals surface area (Å²) < 4.78 is 0. The van der Waals surface area contributed by atoms with Crippen LogP contribution in [0.1, 0.15) is 39.5 Å². The molecule has 0 radical (unpaired) electrons. The van der Waals surface area contributed by atoms with E-state index in [1.807, 2.05) is 9.80 Å². The molecule has 4 heterocycles. The smallest absolute Gasteiger partial charge is 0.481 e. The van der Waals surface area contributed by atoms with Crippen LogP contribution in [0.2, 0.25) is 10.0 Å². The molecule has 2 aromatic heterocycles. The molecule has 4 N–H and O–H groups in total. The molecule has 2 saturated heterocycles. The number of carboxylic acid groups (broad SMARTS) is 2. The number of H-pyrrole nitrogens is 1. The molecule has 1 unspecified atom stereocenters. The molecular weight excluding hydrogens is 506 g/mol. The number of nitrogens with one attached hydrogen (secondary N) is 2. The maximum Gasteiger partial charge on any atom is 1.00 e. The van der Waals surface area contributed by atoms with Gasteiger partial charge in [0.25, 0.3) is 5.91 Å². The van der Waals surface area contributed by atoms with Gasteiger partial charge in [-0.15, -0.1) is 0 Å². The summed E-state index contributed by atoms with van der Waals surface area (Å²) in [6.07, 6.45) is 0.909. The Kier molecular flexibility index (Phi) is 7.49. The number of carbonyl (C=O) groups is 3. The minimum Gasteiger partial charge on any atom is -0.481 e. The first-order valence-electron chi connectivity index (χ1n) is 11.3. The number of carboxylic acids is 2. The Labute approximate surface area is 228 Å². The molecule has 1 aliphatic carbocycles. The summed E-state index contributed by atoms with van der Waals surface area (Å²) in [5.74, 6) is -1.46. The molecule has 1 amide bonds. The first-order chi connectivity index (χ1) is 16.6. The number of aromatic nitrogens is 3. The normalized spacial score (nSPS) is 23.1. The fourth-order valence-electron chi connectivity index (χ4n) is 5.04. The molecule has 0 spiro atoms. The fraction of sp³-hybridized carbons (Fsp3) is 0.500. The molecule has 14 heteroatoms. The summed E-state index contributed by atoms with van der Waals surface area (Å²) in [4.78, 5) is 51.1. The van der Waals surface area contributed by atoms with Crippen LogP contribution in [-0.2, 0) is 4.79 Å². The van der Waals surface area contributed by atoms with E-state index in [0.717, 1.165) is 0 Å². The van der Waals surface area contributed by atoms with Crippen LogP contribution in [0, 0.1) is 24.7 Å². The van der Waals surface area contributed by atoms with Crippen molar-refractivity contribution in [2.24, 2.45) is 17.8 Å². The molecule has 3 fully saturated rings. The number of nitrogens with zero attached hydrogens (tertiary/aromatic N) is 4. The molecule has 2 aromatic rings. The van der Waals surface area contributed by atoms with Crippen molar-refractivity contribution in [3.63, 3.8) is 0 Å². The molecule has 3 aliphatic rings. The predicted octanol–water partition coefficient (Wildman–Crippen LogP) is -0.712. The molecule has 0 aromatic carbocycles. The number of piperidine rings is 2. The number of rotatable bonds is 6. The van der Waals surface area contributed by atoms with Crippen molar-refractivity contribution in [2.75, 3.05) is 36.0 Å². The van der Waals surface area contributed by atoms with Crippen LogP contribution in [0.3, 0.4) is 0 Å². The Hall–Kier alpha value is -2.45. The standard InChI is InChI=1S/C22H24Cl2N6O5.Li/c1-9-15(23)16(24)18(25-9)19(31)28-17-11-7-30(8-12(11)17)14-6-13(21(34)35)26-22(27-14)29-4-2-10(3-5-29)20(32)33;/h6,10-12,17,25H,2-5,7-8H2,1H3,(H,28,31)(H,32,33)(H,34,35);/q;+1/t11-,12+,17?;. The molecule has 186 valence electrons. The van der Waals surface area contributed by atoms with E-state index in [9.17, 15) is 24.6 Å². The minimum atomic E-state index is -1.15. The average molecular weight is 530 g/mol. The van der Waals surface area contributed by atoms with Crippen molar-refractivity contribution in [3.8, 4) is 0 Å². The van der Waals surface area contributed by atoms with Gasteiger partial charge in [0.2, 0.25) is 5.95 Å². The number of aliphatic carboxylic acids is 1. The van der Waals surface area contributed by atoms with Crippen molar-refractivity contribution in [1.29, 1.82) is 0 Å². The molecule has 2 aliphatic heterocycles. The summed E-state index contributed by atoms with van der Waals surface area (Å²) in [6, 6.07) is 1.45. The van der Waals surface area contributed by atoms with Gasteiger partial charge in [-0.1, -0.05) is 23.2 Å². The van der Waals surface area contributed by atoms with Crippen molar-refractivity contribution in [3.05, 3.63) is 33.2 Å². The second-order valence-electron chi connectivity index (χ2n) is 9.30. The van der Waals surface area contributed by atoms with Crippen molar-refractivity contribution >= 4 is 52.8 Å². The van der Waals surface area contributed by atoms with E-state index in [-0.39, 0.29) is 59.1 Å². The van der Waals surface area contributed by atoms with Crippen molar-refractivity contribution < 1.29 is 43.5 Å². The quantitative estimate of drug-likeness (QED) is 0.355. The van der Waals surface area contributed by atoms with Gasteiger partial charge in [0.1, 0.15) is 11.5 Å². The van der Waals surface area contributed by atoms with Gasteiger partial charge in [-0.25, -0.2) is 9.78 Å². The number of fused-ring (bicyclic) bond motifs is 1. The molecule has 5 rings (SSSR count). The van der Waals surface area contributed by atoms with Crippen LogP contribution in [0.4, 0.5) is 11.8 Å². The van der Waals surface area contributed by atoms with Crippen LogP contribution >= 0.6 is 23.2 Å². The van der Waals surface area contributed by atoms with E-state index >= 15 is 0 Å². The molecule has 1 saturated carbocycles. The first kappa shape index (κ1) is 26.6. The zero-order valence-electron chi connectivity index (χ0n) is 19.8. The van der Waals surface area contributed by atoms with E-state index in [1.165, 1.54) is 6.07 Å². The number of anilines is 2. The van der Waals surface area contributed by atoms with Gasteiger partial charge in [0.05, 0.1) is 16.0 Å². The number of hydrogen-bond donors (Lipinski definition) is 4. The minimum absolute atomic E-state index is 0. The van der Waals surface area contributed by atoms with Crippen LogP contribution in [0.25, 0.3) is 0 Å². The number of aryl methyl sites for hydroxylation is 1. The third-order valence-corrected chi connectivity index (χ3v) is 8.09. The van der Waals surface area contributed by atoms with E-state index in [2.05, 4.69) is 20.3 Å². The van der Waals surface area contributed by atoms with Gasteiger partial charge in [-0.3, -0.25) is 9.59 Å². The summed E-state index contributed by atoms with van der Waals surface area (Å²) in [5, 5.41) is 22.3. The second kappa shape index (κ2) is 10.1. The van der Waals surface area contributed by atoms with Gasteiger partial charge < -0.3 is 30.3 Å². The van der Waals surface area contributed by atoms with Gasteiger partial charge in [0, 0.05) is 55.8 Å². The summed E-state index contributed by atoms with van der Waals surface area (Å²) in [6.45, 7) is 3.87. The molecular formula is C22H24Cl2LiN6O5+. The third kappa shape index (κ3) is 4.90. The van der Waals surface area contributed by atoms with Gasteiger partial charge in [0.15, 0.2) is 5.69 Å². The number of hydrogen-bond acceptors (Lipinski definition) is 7. The van der Waals surface area contributed by atoms with Gasteiger partial charge >= 0.3 is 30.8 Å². The van der Waals surface area contributed by atoms with Crippen LogP contribution in [0.15, 0.2) is 6.07 Å². The maximum absolute atomic E-state index is 12.6. The van der Waals surface area contributed by atoms with E-state index < -0.39 is 17.9 Å². The number of aromatic amines is 1. The van der Waals surface area contributed by atoms with E-state index in [4.69, 9.17) is 23.2 Å². The van der Waals surface area contributed by atoms with E-state index in [0.29, 0.717) is 61.5 Å². The zero-order valence-corrected chi connectivity index (χ0v) is 21.3. The van der Waals surface area contributed by atoms with Crippen LogP contribution < -0.4 is 34.0 Å². The third-order valence-electron chi connectivity index (χ3n) is 7.14. The van der Waals surface area contributed by atoms with E-state index in [1.54, 1.807) is 6.92 Å². The maximum atomic E-state index is 12.6. The number of halogens is 2. The van der Waals surface area contributed by atoms with Crippen LogP contribution in [-0.4, -0.2) is 75.2 Å². The Balaban J connectivity index is 0.00000304. The van der Waals surface area contributed by atoms with Gasteiger partial charge in [-0.2, -0.15) is 4.98 Å². The molecule has 11 nitrogen and oxygen atoms in total. The predicted molar refractivity (Wildman–Crippen MR) is 128 cm³/mol. The average Bonchev–Trinajstić information content (AvgIpc) is 3.15. The summed E-state index contributed by atoms with van der Waals surface area (Å²) in [5.41, 5.74) is 0.767. The Morgan fingerprint density at radius 3 is 2.22 bits per heavy atom. The monoisotopic (exact) mass is 529 g/mol.